The molecule has 1 rings (SSSR count). The van der Waals surface area contributed by atoms with Gasteiger partial charge in [0.15, 0.2) is 0 Å². The molecule has 0 spiro atoms. The van der Waals surface area contributed by atoms with Gasteiger partial charge in [-0.3, -0.25) is 0 Å². The number of halogens is 1. The van der Waals surface area contributed by atoms with Gasteiger partial charge < -0.3 is 10.2 Å². The van der Waals surface area contributed by atoms with Crippen molar-refractivity contribution < 1.29 is 4.79 Å². The highest BCUT2D eigenvalue weighted by atomic mass is 79.9. The van der Waals surface area contributed by atoms with E-state index in [1.54, 1.807) is 4.90 Å². The van der Waals surface area contributed by atoms with Gasteiger partial charge in [0.2, 0.25) is 0 Å². The highest BCUT2D eigenvalue weighted by molar-refractivity contribution is 9.10. The van der Waals surface area contributed by atoms with Gasteiger partial charge in [-0.15, -0.1) is 0 Å². The molecule has 1 aromatic rings. The second-order valence-corrected chi connectivity index (χ2v) is 5.04. The summed E-state index contributed by atoms with van der Waals surface area (Å²) in [6.45, 7) is 4.91. The number of urea groups is 1. The molecule has 1 N–H and O–H groups in total. The molecule has 0 aliphatic rings. The third-order valence-corrected chi connectivity index (χ3v) is 3.22. The summed E-state index contributed by atoms with van der Waals surface area (Å²) in [7, 11) is 1.81. The van der Waals surface area contributed by atoms with E-state index >= 15 is 0 Å². The summed E-state index contributed by atoms with van der Waals surface area (Å²) >= 11 is 3.44. The summed E-state index contributed by atoms with van der Waals surface area (Å²) in [6.07, 6.45) is 2.12. The molecular formula is C13H19BrN2O. The van der Waals surface area contributed by atoms with E-state index in [1.807, 2.05) is 32.2 Å². The van der Waals surface area contributed by atoms with Gasteiger partial charge in [-0.05, 0) is 47.0 Å². The number of carbonyl (C=O) groups excluding carboxylic acids is 1. The first-order valence-electron chi connectivity index (χ1n) is 5.83. The Labute approximate surface area is 111 Å². The lowest BCUT2D eigenvalue weighted by Crippen LogP contribution is -2.32. The van der Waals surface area contributed by atoms with Crippen molar-refractivity contribution in [2.24, 2.45) is 0 Å². The molecule has 94 valence electrons. The van der Waals surface area contributed by atoms with Crippen LogP contribution in [0.1, 0.15) is 25.3 Å². The molecule has 0 bridgehead atoms. The van der Waals surface area contributed by atoms with Gasteiger partial charge in [-0.1, -0.05) is 19.4 Å². The molecule has 17 heavy (non-hydrogen) atoms. The van der Waals surface area contributed by atoms with Crippen LogP contribution in [0.25, 0.3) is 0 Å². The maximum absolute atomic E-state index is 11.8. The molecule has 0 saturated heterocycles. The Bertz CT molecular complexity index is 393. The quantitative estimate of drug-likeness (QED) is 0.894. The Morgan fingerprint density at radius 3 is 2.76 bits per heavy atom. The number of unbranched alkanes of at least 4 members (excludes halogenated alkanes) is 1. The summed E-state index contributed by atoms with van der Waals surface area (Å²) in [4.78, 5) is 13.6. The number of amides is 2. The zero-order valence-corrected chi connectivity index (χ0v) is 12.2. The van der Waals surface area contributed by atoms with E-state index in [2.05, 4.69) is 28.2 Å². The van der Waals surface area contributed by atoms with Crippen molar-refractivity contribution in [3.63, 3.8) is 0 Å². The molecule has 4 heteroatoms. The summed E-state index contributed by atoms with van der Waals surface area (Å²) in [6, 6.07) is 5.81. The monoisotopic (exact) mass is 298 g/mol. The summed E-state index contributed by atoms with van der Waals surface area (Å²) in [5.74, 6) is 0. The van der Waals surface area contributed by atoms with Crippen molar-refractivity contribution >= 4 is 27.6 Å². The van der Waals surface area contributed by atoms with Crippen LogP contribution in [0.2, 0.25) is 0 Å². The van der Waals surface area contributed by atoms with Crippen LogP contribution < -0.4 is 5.32 Å². The molecule has 0 aliphatic carbocycles. The Morgan fingerprint density at radius 1 is 1.47 bits per heavy atom. The molecule has 2 amide bonds. The summed E-state index contributed by atoms with van der Waals surface area (Å²) in [5, 5.41) is 2.89. The lowest BCUT2D eigenvalue weighted by molar-refractivity contribution is 0.222. The molecule has 0 atom stereocenters. The lowest BCUT2D eigenvalue weighted by Gasteiger charge is -2.18. The third-order valence-electron chi connectivity index (χ3n) is 2.56. The third kappa shape index (κ3) is 4.38. The van der Waals surface area contributed by atoms with E-state index in [9.17, 15) is 4.79 Å². The van der Waals surface area contributed by atoms with Crippen LogP contribution in [0.3, 0.4) is 0 Å². The molecule has 0 fully saturated rings. The number of benzene rings is 1. The van der Waals surface area contributed by atoms with E-state index in [0.717, 1.165) is 35.1 Å². The topological polar surface area (TPSA) is 32.3 Å². The Kier molecular flexibility index (Phi) is 5.48. The largest absolute Gasteiger partial charge is 0.328 e. The minimum absolute atomic E-state index is 0.0667. The summed E-state index contributed by atoms with van der Waals surface area (Å²) in [5.41, 5.74) is 1.97. The van der Waals surface area contributed by atoms with Gasteiger partial charge in [-0.25, -0.2) is 4.79 Å². The number of hydrogen-bond donors (Lipinski definition) is 1. The molecule has 3 nitrogen and oxygen atoms in total. The van der Waals surface area contributed by atoms with Crippen LogP contribution in [0.15, 0.2) is 22.7 Å². The lowest BCUT2D eigenvalue weighted by atomic mass is 10.2. The Morgan fingerprint density at radius 2 is 2.18 bits per heavy atom. The number of carbonyl (C=O) groups is 1. The number of hydrogen-bond acceptors (Lipinski definition) is 1. The van der Waals surface area contributed by atoms with E-state index in [1.165, 1.54) is 0 Å². The van der Waals surface area contributed by atoms with Crippen LogP contribution in [0.5, 0.6) is 0 Å². The van der Waals surface area contributed by atoms with E-state index in [4.69, 9.17) is 0 Å². The predicted octanol–water partition coefficient (Wildman–Crippen LogP) is 4.02. The first-order chi connectivity index (χ1) is 8.04. The molecule has 0 radical (unpaired) electrons. The van der Waals surface area contributed by atoms with Crippen LogP contribution in [-0.4, -0.2) is 24.5 Å². The van der Waals surface area contributed by atoms with Crippen LogP contribution in [-0.2, 0) is 0 Å². The highest BCUT2D eigenvalue weighted by Gasteiger charge is 2.09. The van der Waals surface area contributed by atoms with Crippen molar-refractivity contribution in [2.75, 3.05) is 18.9 Å². The number of aryl methyl sites for hydroxylation is 1. The van der Waals surface area contributed by atoms with Gasteiger partial charge in [0, 0.05) is 18.1 Å². The fraction of sp³-hybridized carbons (Fsp3) is 0.462. The fourth-order valence-corrected chi connectivity index (χ4v) is 2.02. The number of rotatable bonds is 4. The zero-order valence-electron chi connectivity index (χ0n) is 10.6. The number of anilines is 1. The predicted molar refractivity (Wildman–Crippen MR) is 75.4 cm³/mol. The second kappa shape index (κ2) is 6.64. The summed E-state index contributed by atoms with van der Waals surface area (Å²) < 4.78 is 0.912. The SMILES string of the molecule is CCCCN(C)C(=O)Nc1ccc(C)cc1Br. The first kappa shape index (κ1) is 14.0. The molecule has 0 saturated carbocycles. The molecule has 0 aliphatic heterocycles. The van der Waals surface area contributed by atoms with Gasteiger partial charge >= 0.3 is 6.03 Å². The van der Waals surface area contributed by atoms with E-state index in [-0.39, 0.29) is 6.03 Å². The van der Waals surface area contributed by atoms with Crippen molar-refractivity contribution in [3.8, 4) is 0 Å². The minimum atomic E-state index is -0.0667. The maximum atomic E-state index is 11.8. The van der Waals surface area contributed by atoms with Crippen molar-refractivity contribution in [2.45, 2.75) is 26.7 Å². The average molecular weight is 299 g/mol. The smallest absolute Gasteiger partial charge is 0.321 e. The number of nitrogens with one attached hydrogen (secondary N) is 1. The maximum Gasteiger partial charge on any atom is 0.321 e. The minimum Gasteiger partial charge on any atom is -0.328 e. The van der Waals surface area contributed by atoms with Crippen LogP contribution in [0, 0.1) is 6.92 Å². The van der Waals surface area contributed by atoms with E-state index in [0.29, 0.717) is 0 Å². The van der Waals surface area contributed by atoms with Gasteiger partial charge in [0.05, 0.1) is 5.69 Å². The Balaban J connectivity index is 2.61. The Hall–Kier alpha value is -1.03. The van der Waals surface area contributed by atoms with Gasteiger partial charge in [0.1, 0.15) is 0 Å². The van der Waals surface area contributed by atoms with Crippen LogP contribution in [0.4, 0.5) is 10.5 Å². The normalized spacial score (nSPS) is 10.1. The first-order valence-corrected chi connectivity index (χ1v) is 6.62. The fourth-order valence-electron chi connectivity index (χ4n) is 1.43. The van der Waals surface area contributed by atoms with Crippen molar-refractivity contribution in [1.29, 1.82) is 0 Å². The van der Waals surface area contributed by atoms with Crippen LogP contribution >= 0.6 is 15.9 Å². The van der Waals surface area contributed by atoms with Crippen molar-refractivity contribution in [3.05, 3.63) is 28.2 Å². The zero-order chi connectivity index (χ0) is 12.8. The molecule has 0 heterocycles. The van der Waals surface area contributed by atoms with Gasteiger partial charge in [-0.2, -0.15) is 0 Å². The van der Waals surface area contributed by atoms with Gasteiger partial charge in [0.25, 0.3) is 0 Å². The molecule has 0 unspecified atom stereocenters. The molecular weight excluding hydrogens is 280 g/mol. The highest BCUT2D eigenvalue weighted by Crippen LogP contribution is 2.23. The van der Waals surface area contributed by atoms with Crippen molar-refractivity contribution in [1.82, 2.24) is 4.90 Å². The standard InChI is InChI=1S/C13H19BrN2O/c1-4-5-8-16(3)13(17)15-12-7-6-10(2)9-11(12)14/h6-7,9H,4-5,8H2,1-3H3,(H,15,17). The molecule has 0 aromatic heterocycles. The molecule has 1 aromatic carbocycles. The van der Waals surface area contributed by atoms with E-state index < -0.39 is 0 Å². The second-order valence-electron chi connectivity index (χ2n) is 4.19. The average Bonchev–Trinajstić information content (AvgIpc) is 2.29. The number of nitrogens with zero attached hydrogens (tertiary/aromatic N) is 1.